The Labute approximate surface area is 96.5 Å². The van der Waals surface area contributed by atoms with E-state index in [0.29, 0.717) is 12.6 Å². The van der Waals surface area contributed by atoms with Crippen molar-refractivity contribution in [3.63, 3.8) is 0 Å². The molecule has 1 fully saturated rings. The van der Waals surface area contributed by atoms with E-state index in [1.54, 1.807) is 0 Å². The predicted molar refractivity (Wildman–Crippen MR) is 63.5 cm³/mol. The van der Waals surface area contributed by atoms with E-state index in [1.165, 1.54) is 5.56 Å². The molecule has 3 nitrogen and oxygen atoms in total. The van der Waals surface area contributed by atoms with Gasteiger partial charge in [0, 0.05) is 19.4 Å². The Hall–Kier alpha value is -1.06. The Balaban J connectivity index is 2.06. The summed E-state index contributed by atoms with van der Waals surface area (Å²) < 4.78 is 11.3. The summed E-state index contributed by atoms with van der Waals surface area (Å²) in [7, 11) is 0. The molecular weight excluding hydrogens is 202 g/mol. The van der Waals surface area contributed by atoms with Crippen LogP contribution in [0.1, 0.15) is 24.0 Å². The van der Waals surface area contributed by atoms with Crippen LogP contribution in [-0.4, -0.2) is 19.3 Å². The van der Waals surface area contributed by atoms with Gasteiger partial charge in [-0.25, -0.2) is 0 Å². The maximum Gasteiger partial charge on any atom is 0.122 e. The summed E-state index contributed by atoms with van der Waals surface area (Å²) in [4.78, 5) is 0. The van der Waals surface area contributed by atoms with Gasteiger partial charge in [-0.05, 0) is 24.1 Å². The average molecular weight is 221 g/mol. The second-order valence-electron chi connectivity index (χ2n) is 4.23. The van der Waals surface area contributed by atoms with Crippen LogP contribution in [-0.2, 0) is 11.3 Å². The highest BCUT2D eigenvalue weighted by atomic mass is 16.5. The molecule has 0 saturated carbocycles. The van der Waals surface area contributed by atoms with Crippen LogP contribution < -0.4 is 10.5 Å². The zero-order valence-corrected chi connectivity index (χ0v) is 9.74. The molecule has 0 spiro atoms. The van der Waals surface area contributed by atoms with Crippen molar-refractivity contribution in [3.8, 4) is 5.75 Å². The standard InChI is InChI=1S/C13H19NO2/c1-10-2-3-11(9-14)8-13(10)16-12-4-6-15-7-5-12/h2-3,8,12H,4-7,9,14H2,1H3. The Morgan fingerprint density at radius 3 is 2.81 bits per heavy atom. The third-order valence-electron chi connectivity index (χ3n) is 2.95. The molecule has 2 N–H and O–H groups in total. The van der Waals surface area contributed by atoms with Gasteiger partial charge in [-0.1, -0.05) is 12.1 Å². The summed E-state index contributed by atoms with van der Waals surface area (Å²) in [5.74, 6) is 0.967. The van der Waals surface area contributed by atoms with Crippen molar-refractivity contribution >= 4 is 0 Å². The minimum absolute atomic E-state index is 0.292. The summed E-state index contributed by atoms with van der Waals surface area (Å²) in [5.41, 5.74) is 7.91. The Morgan fingerprint density at radius 1 is 1.38 bits per heavy atom. The van der Waals surface area contributed by atoms with Crippen LogP contribution in [0.2, 0.25) is 0 Å². The Bertz CT molecular complexity index is 346. The average Bonchev–Trinajstić information content (AvgIpc) is 2.33. The fourth-order valence-electron chi connectivity index (χ4n) is 1.87. The van der Waals surface area contributed by atoms with Gasteiger partial charge >= 0.3 is 0 Å². The predicted octanol–water partition coefficient (Wildman–Crippen LogP) is 2.01. The molecule has 1 aromatic carbocycles. The molecule has 0 atom stereocenters. The van der Waals surface area contributed by atoms with Crippen molar-refractivity contribution in [2.45, 2.75) is 32.4 Å². The smallest absolute Gasteiger partial charge is 0.122 e. The molecule has 16 heavy (non-hydrogen) atoms. The summed E-state index contributed by atoms with van der Waals surface area (Å²) in [5, 5.41) is 0. The van der Waals surface area contributed by atoms with Crippen molar-refractivity contribution in [3.05, 3.63) is 29.3 Å². The fourth-order valence-corrected chi connectivity index (χ4v) is 1.87. The lowest BCUT2D eigenvalue weighted by atomic mass is 10.1. The number of benzene rings is 1. The van der Waals surface area contributed by atoms with E-state index >= 15 is 0 Å². The summed E-state index contributed by atoms with van der Waals surface area (Å²) >= 11 is 0. The third-order valence-corrected chi connectivity index (χ3v) is 2.95. The Morgan fingerprint density at radius 2 is 2.12 bits per heavy atom. The SMILES string of the molecule is Cc1ccc(CN)cc1OC1CCOCC1. The third kappa shape index (κ3) is 2.74. The highest BCUT2D eigenvalue weighted by Gasteiger charge is 2.16. The first-order valence-corrected chi connectivity index (χ1v) is 5.83. The first-order chi connectivity index (χ1) is 7.79. The molecule has 3 heteroatoms. The van der Waals surface area contributed by atoms with Gasteiger partial charge in [0.25, 0.3) is 0 Å². The maximum absolute atomic E-state index is 5.99. The minimum Gasteiger partial charge on any atom is -0.490 e. The second kappa shape index (κ2) is 5.32. The second-order valence-corrected chi connectivity index (χ2v) is 4.23. The van der Waals surface area contributed by atoms with E-state index in [1.807, 2.05) is 12.1 Å². The summed E-state index contributed by atoms with van der Waals surface area (Å²) in [6.07, 6.45) is 2.25. The molecule has 1 aliphatic heterocycles. The van der Waals surface area contributed by atoms with Gasteiger partial charge in [-0.2, -0.15) is 0 Å². The van der Waals surface area contributed by atoms with Crippen LogP contribution in [0.5, 0.6) is 5.75 Å². The fraction of sp³-hybridized carbons (Fsp3) is 0.538. The molecule has 0 radical (unpaired) electrons. The van der Waals surface area contributed by atoms with Crippen LogP contribution in [0.15, 0.2) is 18.2 Å². The van der Waals surface area contributed by atoms with Crippen molar-refractivity contribution in [1.82, 2.24) is 0 Å². The van der Waals surface area contributed by atoms with E-state index < -0.39 is 0 Å². The van der Waals surface area contributed by atoms with Gasteiger partial charge in [0.05, 0.1) is 13.2 Å². The Kier molecular flexibility index (Phi) is 3.80. The normalized spacial score (nSPS) is 17.4. The summed E-state index contributed by atoms with van der Waals surface area (Å²) in [6, 6.07) is 6.16. The minimum atomic E-state index is 0.292. The van der Waals surface area contributed by atoms with Gasteiger partial charge in [-0.3, -0.25) is 0 Å². The summed E-state index contributed by atoms with van der Waals surface area (Å²) in [6.45, 7) is 4.24. The molecule has 0 bridgehead atoms. The largest absolute Gasteiger partial charge is 0.490 e. The van der Waals surface area contributed by atoms with Crippen molar-refractivity contribution in [2.75, 3.05) is 13.2 Å². The lowest BCUT2D eigenvalue weighted by molar-refractivity contribution is 0.0253. The molecule has 88 valence electrons. The number of hydrogen-bond acceptors (Lipinski definition) is 3. The molecule has 1 aromatic rings. The maximum atomic E-state index is 5.99. The number of hydrogen-bond donors (Lipinski definition) is 1. The number of ether oxygens (including phenoxy) is 2. The molecule has 1 saturated heterocycles. The van der Waals surface area contributed by atoms with E-state index in [9.17, 15) is 0 Å². The van der Waals surface area contributed by atoms with Crippen LogP contribution in [0.25, 0.3) is 0 Å². The van der Waals surface area contributed by atoms with E-state index in [4.69, 9.17) is 15.2 Å². The van der Waals surface area contributed by atoms with E-state index in [0.717, 1.165) is 37.4 Å². The van der Waals surface area contributed by atoms with Crippen molar-refractivity contribution in [2.24, 2.45) is 5.73 Å². The zero-order chi connectivity index (χ0) is 11.4. The molecular formula is C13H19NO2. The lowest BCUT2D eigenvalue weighted by Gasteiger charge is -2.24. The quantitative estimate of drug-likeness (QED) is 0.849. The van der Waals surface area contributed by atoms with Gasteiger partial charge in [-0.15, -0.1) is 0 Å². The first-order valence-electron chi connectivity index (χ1n) is 5.83. The molecule has 0 unspecified atom stereocenters. The molecule has 0 aliphatic carbocycles. The van der Waals surface area contributed by atoms with E-state index in [-0.39, 0.29) is 0 Å². The van der Waals surface area contributed by atoms with Crippen molar-refractivity contribution < 1.29 is 9.47 Å². The van der Waals surface area contributed by atoms with Gasteiger partial charge in [0.1, 0.15) is 11.9 Å². The van der Waals surface area contributed by atoms with Crippen LogP contribution in [0.3, 0.4) is 0 Å². The molecule has 2 rings (SSSR count). The highest BCUT2D eigenvalue weighted by molar-refractivity contribution is 5.36. The van der Waals surface area contributed by atoms with Gasteiger partial charge < -0.3 is 15.2 Å². The number of rotatable bonds is 3. The van der Waals surface area contributed by atoms with Crippen LogP contribution >= 0.6 is 0 Å². The van der Waals surface area contributed by atoms with E-state index in [2.05, 4.69) is 13.0 Å². The topological polar surface area (TPSA) is 44.5 Å². The molecule has 1 aliphatic rings. The molecule has 0 amide bonds. The van der Waals surface area contributed by atoms with Gasteiger partial charge in [0.15, 0.2) is 0 Å². The monoisotopic (exact) mass is 221 g/mol. The number of aryl methyl sites for hydroxylation is 1. The van der Waals surface area contributed by atoms with Crippen molar-refractivity contribution in [1.29, 1.82) is 0 Å². The highest BCUT2D eigenvalue weighted by Crippen LogP contribution is 2.23. The number of nitrogens with two attached hydrogens (primary N) is 1. The molecule has 0 aromatic heterocycles. The van der Waals surface area contributed by atoms with Crippen LogP contribution in [0, 0.1) is 6.92 Å². The first kappa shape index (κ1) is 11.4. The van der Waals surface area contributed by atoms with Gasteiger partial charge in [0.2, 0.25) is 0 Å². The lowest BCUT2D eigenvalue weighted by Crippen LogP contribution is -2.26. The van der Waals surface area contributed by atoms with Crippen LogP contribution in [0.4, 0.5) is 0 Å². The zero-order valence-electron chi connectivity index (χ0n) is 9.74. The molecule has 1 heterocycles.